The lowest BCUT2D eigenvalue weighted by Gasteiger charge is -2.06. The number of benzene rings is 2. The predicted molar refractivity (Wildman–Crippen MR) is 88.3 cm³/mol. The van der Waals surface area contributed by atoms with E-state index in [0.717, 1.165) is 11.3 Å². The van der Waals surface area contributed by atoms with Crippen molar-refractivity contribution < 1.29 is 4.42 Å². The van der Waals surface area contributed by atoms with E-state index in [0.29, 0.717) is 28.4 Å². The zero-order valence-electron chi connectivity index (χ0n) is 11.8. The maximum absolute atomic E-state index is 6.11. The minimum absolute atomic E-state index is 0.374. The lowest BCUT2D eigenvalue weighted by molar-refractivity contribution is 0.515. The van der Waals surface area contributed by atoms with Crippen LogP contribution in [0.4, 0.5) is 5.69 Å². The molecule has 2 aromatic carbocycles. The topological polar surface area (TPSA) is 51.0 Å². The molecule has 0 saturated carbocycles. The third kappa shape index (κ3) is 3.24. The van der Waals surface area contributed by atoms with Gasteiger partial charge in [0.1, 0.15) is 0 Å². The van der Waals surface area contributed by atoms with E-state index in [1.54, 1.807) is 6.07 Å². The van der Waals surface area contributed by atoms with Crippen molar-refractivity contribution in [2.45, 2.75) is 13.5 Å². The molecular formula is C16H13Cl2N3O. The number of hydrogen-bond acceptors (Lipinski definition) is 4. The number of nitrogens with zero attached hydrogens (tertiary/aromatic N) is 2. The molecule has 1 heterocycles. The fraction of sp³-hybridized carbons (Fsp3) is 0.125. The highest BCUT2D eigenvalue weighted by molar-refractivity contribution is 6.43. The summed E-state index contributed by atoms with van der Waals surface area (Å²) >= 11 is 12.1. The van der Waals surface area contributed by atoms with Gasteiger partial charge in [0.25, 0.3) is 0 Å². The number of nitrogens with one attached hydrogen (secondary N) is 1. The Morgan fingerprint density at radius 1 is 1.05 bits per heavy atom. The largest absolute Gasteiger partial charge is 0.419 e. The van der Waals surface area contributed by atoms with E-state index < -0.39 is 0 Å². The van der Waals surface area contributed by atoms with E-state index in [1.807, 2.05) is 43.3 Å². The zero-order valence-corrected chi connectivity index (χ0v) is 13.3. The second-order valence-corrected chi connectivity index (χ2v) is 5.61. The fourth-order valence-corrected chi connectivity index (χ4v) is 2.32. The van der Waals surface area contributed by atoms with E-state index in [-0.39, 0.29) is 0 Å². The lowest BCUT2D eigenvalue weighted by Crippen LogP contribution is -2.00. The second-order valence-electron chi connectivity index (χ2n) is 4.82. The molecule has 0 bridgehead atoms. The van der Waals surface area contributed by atoms with Crippen molar-refractivity contribution in [2.24, 2.45) is 0 Å². The van der Waals surface area contributed by atoms with Crippen molar-refractivity contribution >= 4 is 28.9 Å². The summed E-state index contributed by atoms with van der Waals surface area (Å²) in [4.78, 5) is 0. The normalized spacial score (nSPS) is 10.7. The molecule has 0 aliphatic heterocycles. The summed E-state index contributed by atoms with van der Waals surface area (Å²) < 4.78 is 5.64. The molecule has 6 heteroatoms. The van der Waals surface area contributed by atoms with Gasteiger partial charge in [-0.3, -0.25) is 0 Å². The van der Waals surface area contributed by atoms with Crippen molar-refractivity contribution in [3.63, 3.8) is 0 Å². The van der Waals surface area contributed by atoms with Crippen molar-refractivity contribution in [2.75, 3.05) is 5.32 Å². The molecule has 1 aromatic heterocycles. The molecule has 3 aromatic rings. The van der Waals surface area contributed by atoms with Gasteiger partial charge in [-0.2, -0.15) is 0 Å². The Morgan fingerprint density at radius 2 is 1.82 bits per heavy atom. The van der Waals surface area contributed by atoms with Gasteiger partial charge in [0.05, 0.1) is 22.3 Å². The number of hydrogen-bond donors (Lipinski definition) is 1. The van der Waals surface area contributed by atoms with Gasteiger partial charge in [-0.25, -0.2) is 0 Å². The van der Waals surface area contributed by atoms with Gasteiger partial charge in [0.2, 0.25) is 11.8 Å². The predicted octanol–water partition coefficient (Wildman–Crippen LogP) is 4.96. The van der Waals surface area contributed by atoms with E-state index >= 15 is 0 Å². The summed E-state index contributed by atoms with van der Waals surface area (Å²) in [6.45, 7) is 2.40. The van der Waals surface area contributed by atoms with E-state index in [1.165, 1.54) is 5.56 Å². The SMILES string of the molecule is Cc1ccc(-c2nnc(CNc3cccc(Cl)c3Cl)o2)cc1. The van der Waals surface area contributed by atoms with Gasteiger partial charge in [-0.05, 0) is 31.2 Å². The molecule has 112 valence electrons. The molecule has 22 heavy (non-hydrogen) atoms. The van der Waals surface area contributed by atoms with Crippen LogP contribution in [0.1, 0.15) is 11.5 Å². The first kappa shape index (κ1) is 14.9. The maximum atomic E-state index is 6.11. The molecule has 1 N–H and O–H groups in total. The van der Waals surface area contributed by atoms with Gasteiger partial charge >= 0.3 is 0 Å². The number of halogens is 2. The molecular weight excluding hydrogens is 321 g/mol. The van der Waals surface area contributed by atoms with Crippen molar-refractivity contribution in [1.82, 2.24) is 10.2 Å². The molecule has 0 aliphatic carbocycles. The summed E-state index contributed by atoms with van der Waals surface area (Å²) in [7, 11) is 0. The maximum Gasteiger partial charge on any atom is 0.247 e. The first-order valence-corrected chi connectivity index (χ1v) is 7.46. The quantitative estimate of drug-likeness (QED) is 0.732. The van der Waals surface area contributed by atoms with Crippen LogP contribution in [0.25, 0.3) is 11.5 Å². The highest BCUT2D eigenvalue weighted by atomic mass is 35.5. The van der Waals surface area contributed by atoms with Crippen LogP contribution >= 0.6 is 23.2 Å². The van der Waals surface area contributed by atoms with Crippen LogP contribution in [-0.4, -0.2) is 10.2 Å². The van der Waals surface area contributed by atoms with Gasteiger partial charge in [0, 0.05) is 5.56 Å². The monoisotopic (exact) mass is 333 g/mol. The summed E-state index contributed by atoms with van der Waals surface area (Å²) in [5, 5.41) is 12.2. The molecule has 3 rings (SSSR count). The second kappa shape index (κ2) is 6.38. The van der Waals surface area contributed by atoms with Crippen molar-refractivity contribution in [3.05, 3.63) is 64.0 Å². The molecule has 0 fully saturated rings. The fourth-order valence-electron chi connectivity index (χ4n) is 1.95. The van der Waals surface area contributed by atoms with Gasteiger partial charge in [-0.1, -0.05) is 47.0 Å². The van der Waals surface area contributed by atoms with Crippen molar-refractivity contribution in [1.29, 1.82) is 0 Å². The average Bonchev–Trinajstić information content (AvgIpc) is 2.98. The van der Waals surface area contributed by atoms with Gasteiger partial charge in [0.15, 0.2) is 0 Å². The third-order valence-electron chi connectivity index (χ3n) is 3.15. The van der Waals surface area contributed by atoms with Crippen molar-refractivity contribution in [3.8, 4) is 11.5 Å². The molecule has 0 radical (unpaired) electrons. The number of rotatable bonds is 4. The van der Waals surface area contributed by atoms with Crippen LogP contribution in [-0.2, 0) is 6.54 Å². The molecule has 0 amide bonds. The number of aryl methyl sites for hydroxylation is 1. The molecule has 0 spiro atoms. The molecule has 0 unspecified atom stereocenters. The first-order chi connectivity index (χ1) is 10.6. The molecule has 0 aliphatic rings. The Bertz CT molecular complexity index is 784. The highest BCUT2D eigenvalue weighted by Crippen LogP contribution is 2.29. The minimum atomic E-state index is 0.374. The Kier molecular flexibility index (Phi) is 4.32. The smallest absolute Gasteiger partial charge is 0.247 e. The summed E-state index contributed by atoms with van der Waals surface area (Å²) in [5.74, 6) is 0.973. The average molecular weight is 334 g/mol. The van der Waals surface area contributed by atoms with Gasteiger partial charge in [-0.15, -0.1) is 10.2 Å². The zero-order chi connectivity index (χ0) is 15.5. The Morgan fingerprint density at radius 3 is 2.59 bits per heavy atom. The van der Waals surface area contributed by atoms with Gasteiger partial charge < -0.3 is 9.73 Å². The number of aromatic nitrogens is 2. The van der Waals surface area contributed by atoms with Crippen LogP contribution in [0.3, 0.4) is 0 Å². The summed E-state index contributed by atoms with van der Waals surface area (Å²) in [6, 6.07) is 13.3. The van der Waals surface area contributed by atoms with E-state index in [9.17, 15) is 0 Å². The first-order valence-electron chi connectivity index (χ1n) is 6.71. The number of anilines is 1. The van der Waals surface area contributed by atoms with E-state index in [2.05, 4.69) is 15.5 Å². The third-order valence-corrected chi connectivity index (χ3v) is 3.97. The van der Waals surface area contributed by atoms with Crippen LogP contribution in [0.2, 0.25) is 10.0 Å². The van der Waals surface area contributed by atoms with Crippen LogP contribution in [0, 0.1) is 6.92 Å². The molecule has 0 saturated heterocycles. The summed E-state index contributed by atoms with van der Waals surface area (Å²) in [6.07, 6.45) is 0. The molecule has 0 atom stereocenters. The Balaban J connectivity index is 1.72. The molecule has 4 nitrogen and oxygen atoms in total. The Labute approximate surface area is 138 Å². The van der Waals surface area contributed by atoms with Crippen LogP contribution < -0.4 is 5.32 Å². The lowest BCUT2D eigenvalue weighted by atomic mass is 10.1. The standard InChI is InChI=1S/C16H13Cl2N3O/c1-10-5-7-11(8-6-10)16-21-20-14(22-16)9-19-13-4-2-3-12(17)15(13)18/h2-8,19H,9H2,1H3. The van der Waals surface area contributed by atoms with E-state index in [4.69, 9.17) is 27.6 Å². The minimum Gasteiger partial charge on any atom is -0.419 e. The Hall–Kier alpha value is -2.04. The van der Waals surface area contributed by atoms with Crippen LogP contribution in [0.15, 0.2) is 46.9 Å². The summed E-state index contributed by atoms with van der Waals surface area (Å²) in [5.41, 5.74) is 2.80. The van der Waals surface area contributed by atoms with Crippen LogP contribution in [0.5, 0.6) is 0 Å². The highest BCUT2D eigenvalue weighted by Gasteiger charge is 2.09.